The third-order valence-electron chi connectivity index (χ3n) is 4.35. The summed E-state index contributed by atoms with van der Waals surface area (Å²) in [5, 5.41) is 0. The molecule has 0 aliphatic heterocycles. The van der Waals surface area contributed by atoms with Crippen LogP contribution in [0.5, 0.6) is 0 Å². The molecule has 0 spiro atoms. The molecule has 0 radical (unpaired) electrons. The molecule has 2 unspecified atom stereocenters. The third kappa shape index (κ3) is 3.67. The highest BCUT2D eigenvalue weighted by atomic mass is 16.5. The molecule has 18 heavy (non-hydrogen) atoms. The van der Waals surface area contributed by atoms with E-state index in [0.717, 1.165) is 38.9 Å². The molecule has 1 rings (SSSR count). The largest absolute Gasteiger partial charge is 0.382 e. The molecule has 1 aliphatic rings. The van der Waals surface area contributed by atoms with Gasteiger partial charge in [-0.3, -0.25) is 0 Å². The third-order valence-corrected chi connectivity index (χ3v) is 4.35. The van der Waals surface area contributed by atoms with Gasteiger partial charge in [0.05, 0.1) is 19.3 Å². The molecule has 0 saturated heterocycles. The van der Waals surface area contributed by atoms with Crippen molar-refractivity contribution in [2.24, 2.45) is 11.1 Å². The first-order chi connectivity index (χ1) is 8.71. The Morgan fingerprint density at radius 2 is 1.83 bits per heavy atom. The second-order valence-corrected chi connectivity index (χ2v) is 5.10. The molecule has 1 saturated carbocycles. The average Bonchev–Trinajstić information content (AvgIpc) is 2.38. The summed E-state index contributed by atoms with van der Waals surface area (Å²) in [5.41, 5.74) is 6.35. The summed E-state index contributed by atoms with van der Waals surface area (Å²) in [5.74, 6) is 0. The summed E-state index contributed by atoms with van der Waals surface area (Å²) >= 11 is 0. The van der Waals surface area contributed by atoms with E-state index in [0.29, 0.717) is 25.4 Å². The lowest BCUT2D eigenvalue weighted by Crippen LogP contribution is -2.61. The van der Waals surface area contributed by atoms with Gasteiger partial charge >= 0.3 is 0 Å². The van der Waals surface area contributed by atoms with Crippen LogP contribution in [0, 0.1) is 5.41 Å². The van der Waals surface area contributed by atoms with Crippen molar-refractivity contribution in [2.75, 3.05) is 33.5 Å². The molecule has 2 atom stereocenters. The van der Waals surface area contributed by atoms with Crippen molar-refractivity contribution in [3.05, 3.63) is 0 Å². The number of hydrogen-bond donors (Lipinski definition) is 1. The van der Waals surface area contributed by atoms with Gasteiger partial charge in [0, 0.05) is 31.8 Å². The van der Waals surface area contributed by atoms with Crippen molar-refractivity contribution in [1.29, 1.82) is 0 Å². The standard InChI is InChI=1S/C14H29NO3/c1-4-14(5-2)12(15)11-13(14)18-8-6-7-17-10-9-16-3/h12-13H,4-11,15H2,1-3H3. The van der Waals surface area contributed by atoms with Crippen molar-refractivity contribution >= 4 is 0 Å². The molecule has 4 heteroatoms. The van der Waals surface area contributed by atoms with Gasteiger partial charge < -0.3 is 19.9 Å². The SMILES string of the molecule is CCC1(CC)C(N)CC1OCCCOCCOC. The summed E-state index contributed by atoms with van der Waals surface area (Å²) in [6.45, 7) is 7.27. The smallest absolute Gasteiger partial charge is 0.0700 e. The van der Waals surface area contributed by atoms with Crippen molar-refractivity contribution in [3.8, 4) is 0 Å². The summed E-state index contributed by atoms with van der Waals surface area (Å²) in [6.07, 6.45) is 4.52. The normalized spacial score (nSPS) is 26.0. The summed E-state index contributed by atoms with van der Waals surface area (Å²) < 4.78 is 16.3. The van der Waals surface area contributed by atoms with Gasteiger partial charge in [-0.15, -0.1) is 0 Å². The minimum atomic E-state index is 0.219. The zero-order valence-electron chi connectivity index (χ0n) is 12.1. The topological polar surface area (TPSA) is 53.7 Å². The number of methoxy groups -OCH3 is 1. The minimum absolute atomic E-state index is 0.219. The molecule has 0 heterocycles. The second kappa shape index (κ2) is 8.10. The highest BCUT2D eigenvalue weighted by Crippen LogP contribution is 2.47. The molecular formula is C14H29NO3. The highest BCUT2D eigenvalue weighted by Gasteiger charge is 2.51. The highest BCUT2D eigenvalue weighted by molar-refractivity contribution is 5.05. The number of rotatable bonds is 10. The maximum Gasteiger partial charge on any atom is 0.0700 e. The molecule has 1 fully saturated rings. The molecule has 0 aromatic carbocycles. The van der Waals surface area contributed by atoms with Crippen LogP contribution in [0.1, 0.15) is 39.5 Å². The summed E-state index contributed by atoms with van der Waals surface area (Å²) in [4.78, 5) is 0. The molecule has 2 N–H and O–H groups in total. The van der Waals surface area contributed by atoms with Crippen LogP contribution in [0.3, 0.4) is 0 Å². The fourth-order valence-corrected chi connectivity index (χ4v) is 2.87. The van der Waals surface area contributed by atoms with Crippen LogP contribution >= 0.6 is 0 Å². The number of hydrogen-bond acceptors (Lipinski definition) is 4. The monoisotopic (exact) mass is 259 g/mol. The van der Waals surface area contributed by atoms with Crippen LogP contribution in [-0.4, -0.2) is 45.7 Å². The number of nitrogens with two attached hydrogens (primary N) is 1. The fraction of sp³-hybridized carbons (Fsp3) is 1.00. The van der Waals surface area contributed by atoms with Gasteiger partial charge in [0.25, 0.3) is 0 Å². The van der Waals surface area contributed by atoms with Crippen LogP contribution in [0.25, 0.3) is 0 Å². The quantitative estimate of drug-likeness (QED) is 0.609. The van der Waals surface area contributed by atoms with Gasteiger partial charge in [0.15, 0.2) is 0 Å². The average molecular weight is 259 g/mol. The Labute approximate surface area is 111 Å². The maximum absolute atomic E-state index is 6.14. The van der Waals surface area contributed by atoms with E-state index in [1.807, 2.05) is 0 Å². The predicted molar refractivity (Wildman–Crippen MR) is 72.7 cm³/mol. The van der Waals surface area contributed by atoms with Crippen molar-refractivity contribution in [3.63, 3.8) is 0 Å². The first-order valence-electron chi connectivity index (χ1n) is 7.15. The lowest BCUT2D eigenvalue weighted by atomic mass is 9.59. The van der Waals surface area contributed by atoms with Crippen LogP contribution in [0.2, 0.25) is 0 Å². The first kappa shape index (κ1) is 15.9. The van der Waals surface area contributed by atoms with E-state index in [2.05, 4.69) is 13.8 Å². The minimum Gasteiger partial charge on any atom is -0.382 e. The van der Waals surface area contributed by atoms with Crippen molar-refractivity contribution in [1.82, 2.24) is 0 Å². The van der Waals surface area contributed by atoms with E-state index in [-0.39, 0.29) is 5.41 Å². The van der Waals surface area contributed by atoms with E-state index in [1.54, 1.807) is 7.11 Å². The summed E-state index contributed by atoms with van der Waals surface area (Å²) in [6, 6.07) is 0.315. The van der Waals surface area contributed by atoms with Gasteiger partial charge in [-0.05, 0) is 25.7 Å². The number of ether oxygens (including phenoxy) is 3. The van der Waals surface area contributed by atoms with Gasteiger partial charge in [0.2, 0.25) is 0 Å². The van der Waals surface area contributed by atoms with Crippen LogP contribution in [0.15, 0.2) is 0 Å². The molecule has 1 aliphatic carbocycles. The molecule has 108 valence electrons. The Morgan fingerprint density at radius 3 is 2.39 bits per heavy atom. The Hall–Kier alpha value is -0.160. The Balaban J connectivity index is 2.09. The van der Waals surface area contributed by atoms with E-state index in [9.17, 15) is 0 Å². The van der Waals surface area contributed by atoms with E-state index < -0.39 is 0 Å². The molecule has 4 nitrogen and oxygen atoms in total. The van der Waals surface area contributed by atoms with E-state index in [4.69, 9.17) is 19.9 Å². The molecule has 0 aromatic rings. The zero-order valence-corrected chi connectivity index (χ0v) is 12.1. The maximum atomic E-state index is 6.14. The summed E-state index contributed by atoms with van der Waals surface area (Å²) in [7, 11) is 1.68. The molecule has 0 amide bonds. The first-order valence-corrected chi connectivity index (χ1v) is 7.15. The van der Waals surface area contributed by atoms with Crippen LogP contribution in [0.4, 0.5) is 0 Å². The lowest BCUT2D eigenvalue weighted by Gasteiger charge is -2.53. The van der Waals surface area contributed by atoms with Gasteiger partial charge in [-0.25, -0.2) is 0 Å². The molecule has 0 bridgehead atoms. The Kier molecular flexibility index (Phi) is 7.15. The molecular weight excluding hydrogens is 230 g/mol. The van der Waals surface area contributed by atoms with Gasteiger partial charge in [-0.2, -0.15) is 0 Å². The Bertz CT molecular complexity index is 219. The Morgan fingerprint density at radius 1 is 1.11 bits per heavy atom. The van der Waals surface area contributed by atoms with Crippen molar-refractivity contribution < 1.29 is 14.2 Å². The van der Waals surface area contributed by atoms with E-state index in [1.165, 1.54) is 0 Å². The van der Waals surface area contributed by atoms with Gasteiger partial charge in [0.1, 0.15) is 0 Å². The van der Waals surface area contributed by atoms with Crippen LogP contribution < -0.4 is 5.73 Å². The van der Waals surface area contributed by atoms with Crippen molar-refractivity contribution in [2.45, 2.75) is 51.7 Å². The lowest BCUT2D eigenvalue weighted by molar-refractivity contribution is -0.133. The van der Waals surface area contributed by atoms with E-state index >= 15 is 0 Å². The predicted octanol–water partition coefficient (Wildman–Crippen LogP) is 1.96. The fourth-order valence-electron chi connectivity index (χ4n) is 2.87. The zero-order chi connectivity index (χ0) is 13.4. The van der Waals surface area contributed by atoms with Gasteiger partial charge in [-0.1, -0.05) is 13.8 Å². The second-order valence-electron chi connectivity index (χ2n) is 5.10. The van der Waals surface area contributed by atoms with Crippen LogP contribution in [-0.2, 0) is 14.2 Å². The molecule has 0 aromatic heterocycles.